The van der Waals surface area contributed by atoms with Gasteiger partial charge in [0.2, 0.25) is 0 Å². The van der Waals surface area contributed by atoms with Crippen LogP contribution >= 0.6 is 0 Å². The highest BCUT2D eigenvalue weighted by Crippen LogP contribution is 2.41. The summed E-state index contributed by atoms with van der Waals surface area (Å²) in [4.78, 5) is 12.1. The van der Waals surface area contributed by atoms with E-state index in [1.54, 1.807) is 0 Å². The second kappa shape index (κ2) is 6.02. The smallest absolute Gasteiger partial charge is 0.328 e. The number of nitrogens with one attached hydrogen (secondary N) is 1. The lowest BCUT2D eigenvalue weighted by molar-refractivity contribution is -0.154. The number of esters is 1. The van der Waals surface area contributed by atoms with Crippen LogP contribution in [0.1, 0.15) is 45.4 Å². The van der Waals surface area contributed by atoms with E-state index >= 15 is 0 Å². The van der Waals surface area contributed by atoms with Crippen molar-refractivity contribution in [3.05, 3.63) is 0 Å². The van der Waals surface area contributed by atoms with Crippen molar-refractivity contribution in [3.63, 3.8) is 0 Å². The molecule has 1 unspecified atom stereocenters. The summed E-state index contributed by atoms with van der Waals surface area (Å²) in [6.45, 7) is 3.25. The third kappa shape index (κ3) is 2.86. The first-order valence-electron chi connectivity index (χ1n) is 7.18. The molecule has 0 aromatic carbocycles. The van der Waals surface area contributed by atoms with Gasteiger partial charge in [0, 0.05) is 0 Å². The molecular formula is C14H25NO3. The van der Waals surface area contributed by atoms with E-state index in [4.69, 9.17) is 9.47 Å². The molecule has 4 heteroatoms. The van der Waals surface area contributed by atoms with Crippen LogP contribution in [0.15, 0.2) is 0 Å². The number of methoxy groups -OCH3 is 1. The van der Waals surface area contributed by atoms with Crippen molar-refractivity contribution in [1.29, 1.82) is 0 Å². The molecule has 2 rings (SSSR count). The summed E-state index contributed by atoms with van der Waals surface area (Å²) in [5.74, 6) is 0.219. The van der Waals surface area contributed by atoms with Gasteiger partial charge >= 0.3 is 5.97 Å². The van der Waals surface area contributed by atoms with E-state index in [0.717, 1.165) is 32.2 Å². The largest absolute Gasteiger partial charge is 0.468 e. The van der Waals surface area contributed by atoms with Gasteiger partial charge in [-0.3, -0.25) is 5.32 Å². The summed E-state index contributed by atoms with van der Waals surface area (Å²) in [6.07, 6.45) is 7.29. The van der Waals surface area contributed by atoms with E-state index in [2.05, 4.69) is 5.32 Å². The molecule has 0 radical (unpaired) electrons. The third-order valence-corrected chi connectivity index (χ3v) is 4.17. The lowest BCUT2D eigenvalue weighted by Gasteiger charge is -2.32. The van der Waals surface area contributed by atoms with Crippen LogP contribution in [0, 0.1) is 5.92 Å². The molecule has 0 amide bonds. The van der Waals surface area contributed by atoms with Crippen LogP contribution in [-0.2, 0) is 14.3 Å². The average molecular weight is 255 g/mol. The normalized spacial score (nSPS) is 23.9. The first kappa shape index (κ1) is 13.8. The molecule has 0 saturated heterocycles. The molecule has 2 saturated carbocycles. The van der Waals surface area contributed by atoms with Crippen LogP contribution in [-0.4, -0.2) is 37.9 Å². The number of hydrogen-bond acceptors (Lipinski definition) is 4. The van der Waals surface area contributed by atoms with Crippen molar-refractivity contribution in [2.45, 2.75) is 57.1 Å². The molecule has 2 aliphatic rings. The first-order chi connectivity index (χ1) is 8.73. The zero-order chi connectivity index (χ0) is 13.0. The van der Waals surface area contributed by atoms with E-state index in [-0.39, 0.29) is 5.97 Å². The Balaban J connectivity index is 1.99. The van der Waals surface area contributed by atoms with Crippen LogP contribution in [0.25, 0.3) is 0 Å². The minimum Gasteiger partial charge on any atom is -0.468 e. The monoisotopic (exact) mass is 255 g/mol. The predicted molar refractivity (Wildman–Crippen MR) is 69.4 cm³/mol. The maximum Gasteiger partial charge on any atom is 0.328 e. The Kier molecular flexibility index (Phi) is 4.62. The van der Waals surface area contributed by atoms with Crippen molar-refractivity contribution in [1.82, 2.24) is 5.32 Å². The molecular weight excluding hydrogens is 230 g/mol. The quantitative estimate of drug-likeness (QED) is 0.706. The summed E-state index contributed by atoms with van der Waals surface area (Å²) in [6, 6.07) is 0. The number of carbonyl (C=O) groups is 1. The Bertz CT molecular complexity index is 285. The summed E-state index contributed by atoms with van der Waals surface area (Å²) < 4.78 is 11.0. The third-order valence-electron chi connectivity index (χ3n) is 4.17. The van der Waals surface area contributed by atoms with E-state index in [1.165, 1.54) is 20.0 Å². The molecule has 0 aliphatic heterocycles. The van der Waals surface area contributed by atoms with E-state index in [0.29, 0.717) is 18.6 Å². The topological polar surface area (TPSA) is 47.6 Å². The number of likely N-dealkylation sites (N-methyl/N-ethyl adjacent to an activating group) is 1. The molecule has 0 heterocycles. The fourth-order valence-electron chi connectivity index (χ4n) is 2.99. The van der Waals surface area contributed by atoms with Crippen LogP contribution in [0.5, 0.6) is 0 Å². The Morgan fingerprint density at radius 2 is 1.94 bits per heavy atom. The van der Waals surface area contributed by atoms with Gasteiger partial charge in [-0.25, -0.2) is 4.79 Å². The standard InChI is InChI=1S/C14H25NO3/c1-3-15-14(11-8-9-11,13(16)17-2)10-18-12-6-4-5-7-12/h11-12,15H,3-10H2,1-2H3. The zero-order valence-electron chi connectivity index (χ0n) is 11.5. The molecule has 0 bridgehead atoms. The lowest BCUT2D eigenvalue weighted by Crippen LogP contribution is -2.58. The van der Waals surface area contributed by atoms with Gasteiger partial charge in [0.25, 0.3) is 0 Å². The van der Waals surface area contributed by atoms with E-state index in [1.807, 2.05) is 6.92 Å². The van der Waals surface area contributed by atoms with E-state index < -0.39 is 5.54 Å². The maximum atomic E-state index is 12.1. The van der Waals surface area contributed by atoms with Crippen LogP contribution in [0.3, 0.4) is 0 Å². The number of rotatable bonds is 7. The highest BCUT2D eigenvalue weighted by molar-refractivity contribution is 5.82. The van der Waals surface area contributed by atoms with Crippen LogP contribution in [0.2, 0.25) is 0 Å². The van der Waals surface area contributed by atoms with Gasteiger partial charge in [0.05, 0.1) is 19.8 Å². The van der Waals surface area contributed by atoms with Crippen LogP contribution < -0.4 is 5.32 Å². The van der Waals surface area contributed by atoms with Crippen molar-refractivity contribution in [2.24, 2.45) is 5.92 Å². The SMILES string of the molecule is CCNC(COC1CCCC1)(C(=O)OC)C1CC1. The van der Waals surface area contributed by atoms with E-state index in [9.17, 15) is 4.79 Å². The van der Waals surface area contributed by atoms with Crippen molar-refractivity contribution in [3.8, 4) is 0 Å². The lowest BCUT2D eigenvalue weighted by atomic mass is 9.94. The van der Waals surface area contributed by atoms with Gasteiger partial charge in [-0.2, -0.15) is 0 Å². The van der Waals surface area contributed by atoms with Crippen LogP contribution in [0.4, 0.5) is 0 Å². The molecule has 4 nitrogen and oxygen atoms in total. The molecule has 18 heavy (non-hydrogen) atoms. The van der Waals surface area contributed by atoms with Gasteiger partial charge in [0.1, 0.15) is 5.54 Å². The summed E-state index contributed by atoms with van der Waals surface area (Å²) in [7, 11) is 1.46. The van der Waals surface area contributed by atoms with Gasteiger partial charge in [-0.05, 0) is 38.1 Å². The zero-order valence-corrected chi connectivity index (χ0v) is 11.5. The second-order valence-electron chi connectivity index (χ2n) is 5.49. The average Bonchev–Trinajstić information content (AvgIpc) is 3.11. The second-order valence-corrected chi connectivity index (χ2v) is 5.49. The molecule has 2 aliphatic carbocycles. The van der Waals surface area contributed by atoms with Gasteiger partial charge in [-0.1, -0.05) is 19.8 Å². The van der Waals surface area contributed by atoms with Gasteiger partial charge < -0.3 is 9.47 Å². The molecule has 0 aromatic heterocycles. The predicted octanol–water partition coefficient (Wildman–Crippen LogP) is 1.88. The minimum absolute atomic E-state index is 0.162. The van der Waals surface area contributed by atoms with Crippen molar-refractivity contribution >= 4 is 5.97 Å². The maximum absolute atomic E-state index is 12.1. The van der Waals surface area contributed by atoms with Gasteiger partial charge in [-0.15, -0.1) is 0 Å². The molecule has 1 N–H and O–H groups in total. The van der Waals surface area contributed by atoms with Gasteiger partial charge in [0.15, 0.2) is 0 Å². The summed E-state index contributed by atoms with van der Waals surface area (Å²) in [5.41, 5.74) is -0.605. The molecule has 0 spiro atoms. The first-order valence-corrected chi connectivity index (χ1v) is 7.18. The Hall–Kier alpha value is -0.610. The highest BCUT2D eigenvalue weighted by atomic mass is 16.5. The van der Waals surface area contributed by atoms with Crippen molar-refractivity contribution in [2.75, 3.05) is 20.3 Å². The molecule has 2 fully saturated rings. The number of hydrogen-bond donors (Lipinski definition) is 1. The summed E-state index contributed by atoms with van der Waals surface area (Å²) in [5, 5.41) is 3.33. The molecule has 0 aromatic rings. The Morgan fingerprint density at radius 1 is 1.28 bits per heavy atom. The highest BCUT2D eigenvalue weighted by Gasteiger charge is 2.52. The summed E-state index contributed by atoms with van der Waals surface area (Å²) >= 11 is 0. The van der Waals surface area contributed by atoms with Crippen molar-refractivity contribution < 1.29 is 14.3 Å². The number of ether oxygens (including phenoxy) is 2. The number of carbonyl (C=O) groups excluding carboxylic acids is 1. The Labute approximate surface area is 109 Å². The fourth-order valence-corrected chi connectivity index (χ4v) is 2.99. The minimum atomic E-state index is -0.605. The molecule has 1 atom stereocenters. The molecule has 104 valence electrons. The Morgan fingerprint density at radius 3 is 2.44 bits per heavy atom. The fraction of sp³-hybridized carbons (Fsp3) is 0.929.